The summed E-state index contributed by atoms with van der Waals surface area (Å²) in [6.07, 6.45) is 2.72. The van der Waals surface area contributed by atoms with Crippen LogP contribution in [0.15, 0.2) is 46.9 Å². The first-order valence-electron chi connectivity index (χ1n) is 8.92. The summed E-state index contributed by atoms with van der Waals surface area (Å²) in [5, 5.41) is 8.35. The summed E-state index contributed by atoms with van der Waals surface area (Å²) < 4.78 is 5.82. The number of hydrogen-bond donors (Lipinski definition) is 0. The van der Waals surface area contributed by atoms with Crippen LogP contribution in [0.4, 0.5) is 0 Å². The van der Waals surface area contributed by atoms with Crippen molar-refractivity contribution in [2.45, 2.75) is 26.2 Å². The monoisotopic (exact) mass is 367 g/mol. The van der Waals surface area contributed by atoms with Gasteiger partial charge in [-0.15, -0.1) is 21.5 Å². The molecule has 1 saturated heterocycles. The highest BCUT2D eigenvalue weighted by molar-refractivity contribution is 7.13. The molecule has 0 radical (unpaired) electrons. The third kappa shape index (κ3) is 3.70. The third-order valence-corrected chi connectivity index (χ3v) is 5.79. The van der Waals surface area contributed by atoms with Gasteiger partial charge >= 0.3 is 0 Å². The molecule has 1 aliphatic rings. The first kappa shape index (κ1) is 17.0. The summed E-state index contributed by atoms with van der Waals surface area (Å²) >= 11 is 1.57. The first-order valence-corrected chi connectivity index (χ1v) is 9.74. The maximum atomic E-state index is 12.5. The van der Waals surface area contributed by atoms with E-state index in [-0.39, 0.29) is 5.91 Å². The number of amides is 1. The van der Waals surface area contributed by atoms with Crippen LogP contribution in [0.2, 0.25) is 0 Å². The second-order valence-electron chi connectivity index (χ2n) is 6.72. The number of hydrogen-bond acceptors (Lipinski definition) is 5. The molecule has 6 heteroatoms. The van der Waals surface area contributed by atoms with Gasteiger partial charge in [-0.3, -0.25) is 4.79 Å². The Bertz CT molecular complexity index is 879. The van der Waals surface area contributed by atoms with E-state index in [4.69, 9.17) is 4.42 Å². The van der Waals surface area contributed by atoms with Crippen molar-refractivity contribution in [2.24, 2.45) is 5.92 Å². The average Bonchev–Trinajstić information content (AvgIpc) is 3.32. The molecule has 3 heterocycles. The number of carbonyl (C=O) groups is 1. The van der Waals surface area contributed by atoms with Gasteiger partial charge in [-0.2, -0.15) is 0 Å². The molecular weight excluding hydrogens is 346 g/mol. The number of likely N-dealkylation sites (tertiary alicyclic amines) is 1. The molecule has 1 aromatic carbocycles. The largest absolute Gasteiger partial charge is 0.421 e. The fraction of sp³-hybridized carbons (Fsp3) is 0.350. The minimum Gasteiger partial charge on any atom is -0.421 e. The number of aryl methyl sites for hydroxylation is 1. The molecule has 26 heavy (non-hydrogen) atoms. The van der Waals surface area contributed by atoms with Crippen molar-refractivity contribution < 1.29 is 9.21 Å². The van der Waals surface area contributed by atoms with Crippen LogP contribution in [0.25, 0.3) is 11.5 Å². The lowest BCUT2D eigenvalue weighted by molar-refractivity contribution is 0.0693. The fourth-order valence-corrected chi connectivity index (χ4v) is 4.16. The molecule has 1 amide bonds. The van der Waals surface area contributed by atoms with Crippen molar-refractivity contribution in [3.05, 3.63) is 58.1 Å². The lowest BCUT2D eigenvalue weighted by Crippen LogP contribution is -2.38. The SMILES string of the molecule is Cc1ccc(C(=O)N2CCC(Cc3nnc(-c4ccccc4)o3)CC2)s1. The van der Waals surface area contributed by atoms with Crippen LogP contribution >= 0.6 is 11.3 Å². The number of nitrogens with zero attached hydrogens (tertiary/aromatic N) is 3. The van der Waals surface area contributed by atoms with E-state index in [2.05, 4.69) is 10.2 Å². The maximum absolute atomic E-state index is 12.5. The van der Waals surface area contributed by atoms with Gasteiger partial charge in [0.1, 0.15) is 0 Å². The van der Waals surface area contributed by atoms with Gasteiger partial charge < -0.3 is 9.32 Å². The number of carbonyl (C=O) groups excluding carboxylic acids is 1. The Morgan fingerprint density at radius 3 is 2.62 bits per heavy atom. The molecule has 0 saturated carbocycles. The molecule has 0 atom stereocenters. The average molecular weight is 367 g/mol. The maximum Gasteiger partial charge on any atom is 0.263 e. The van der Waals surface area contributed by atoms with E-state index in [0.29, 0.717) is 17.7 Å². The Balaban J connectivity index is 1.33. The molecule has 1 aliphatic heterocycles. The summed E-state index contributed by atoms with van der Waals surface area (Å²) in [7, 11) is 0. The number of piperidine rings is 1. The van der Waals surface area contributed by atoms with Crippen LogP contribution in [-0.4, -0.2) is 34.1 Å². The molecule has 2 aromatic heterocycles. The Kier molecular flexibility index (Phi) is 4.84. The second-order valence-corrected chi connectivity index (χ2v) is 8.00. The van der Waals surface area contributed by atoms with E-state index in [1.165, 1.54) is 4.88 Å². The Labute approximate surface area is 156 Å². The number of benzene rings is 1. The van der Waals surface area contributed by atoms with Gasteiger partial charge in [0, 0.05) is 30.0 Å². The zero-order valence-electron chi connectivity index (χ0n) is 14.7. The van der Waals surface area contributed by atoms with E-state index < -0.39 is 0 Å². The predicted octanol–water partition coefficient (Wildman–Crippen LogP) is 4.20. The summed E-state index contributed by atoms with van der Waals surface area (Å²) in [6.45, 7) is 3.61. The topological polar surface area (TPSA) is 59.2 Å². The minimum atomic E-state index is 0.158. The summed E-state index contributed by atoms with van der Waals surface area (Å²) in [6, 6.07) is 13.7. The Morgan fingerprint density at radius 2 is 1.92 bits per heavy atom. The quantitative estimate of drug-likeness (QED) is 0.693. The van der Waals surface area contributed by atoms with Gasteiger partial charge in [-0.05, 0) is 49.9 Å². The molecule has 0 spiro atoms. The number of rotatable bonds is 4. The fourth-order valence-electron chi connectivity index (χ4n) is 3.33. The zero-order chi connectivity index (χ0) is 17.9. The molecule has 5 nitrogen and oxygen atoms in total. The van der Waals surface area contributed by atoms with Crippen molar-refractivity contribution in [1.82, 2.24) is 15.1 Å². The van der Waals surface area contributed by atoms with Gasteiger partial charge in [0.15, 0.2) is 0 Å². The molecule has 0 unspecified atom stereocenters. The molecule has 0 aliphatic carbocycles. The highest BCUT2D eigenvalue weighted by atomic mass is 32.1. The van der Waals surface area contributed by atoms with Gasteiger partial charge in [0.25, 0.3) is 5.91 Å². The second kappa shape index (κ2) is 7.41. The highest BCUT2D eigenvalue weighted by Gasteiger charge is 2.25. The van der Waals surface area contributed by atoms with Gasteiger partial charge in [-0.1, -0.05) is 18.2 Å². The summed E-state index contributed by atoms with van der Waals surface area (Å²) in [5.74, 6) is 1.89. The number of aromatic nitrogens is 2. The van der Waals surface area contributed by atoms with Crippen LogP contribution in [0, 0.1) is 12.8 Å². The van der Waals surface area contributed by atoms with Gasteiger partial charge in [0.05, 0.1) is 4.88 Å². The number of thiophene rings is 1. The normalized spacial score (nSPS) is 15.3. The van der Waals surface area contributed by atoms with Crippen molar-refractivity contribution in [2.75, 3.05) is 13.1 Å². The lowest BCUT2D eigenvalue weighted by atomic mass is 9.93. The lowest BCUT2D eigenvalue weighted by Gasteiger charge is -2.31. The Morgan fingerprint density at radius 1 is 1.15 bits per heavy atom. The molecular formula is C20H21N3O2S. The van der Waals surface area contributed by atoms with E-state index in [0.717, 1.165) is 42.8 Å². The van der Waals surface area contributed by atoms with Crippen LogP contribution in [-0.2, 0) is 6.42 Å². The molecule has 4 rings (SSSR count). The third-order valence-electron chi connectivity index (χ3n) is 4.80. The predicted molar refractivity (Wildman–Crippen MR) is 101 cm³/mol. The smallest absolute Gasteiger partial charge is 0.263 e. The van der Waals surface area contributed by atoms with Crippen LogP contribution in [0.5, 0.6) is 0 Å². The molecule has 1 fully saturated rings. The molecule has 3 aromatic rings. The van der Waals surface area contributed by atoms with E-state index in [1.54, 1.807) is 11.3 Å². The van der Waals surface area contributed by atoms with Crippen LogP contribution in [0.1, 0.15) is 33.3 Å². The van der Waals surface area contributed by atoms with Crippen LogP contribution in [0.3, 0.4) is 0 Å². The zero-order valence-corrected chi connectivity index (χ0v) is 15.5. The highest BCUT2D eigenvalue weighted by Crippen LogP contribution is 2.25. The van der Waals surface area contributed by atoms with Crippen molar-refractivity contribution in [3.8, 4) is 11.5 Å². The summed E-state index contributed by atoms with van der Waals surface area (Å²) in [4.78, 5) is 16.5. The van der Waals surface area contributed by atoms with Crippen molar-refractivity contribution in [3.63, 3.8) is 0 Å². The summed E-state index contributed by atoms with van der Waals surface area (Å²) in [5.41, 5.74) is 0.943. The minimum absolute atomic E-state index is 0.158. The van der Waals surface area contributed by atoms with E-state index in [1.807, 2.05) is 54.3 Å². The van der Waals surface area contributed by atoms with E-state index >= 15 is 0 Å². The van der Waals surface area contributed by atoms with E-state index in [9.17, 15) is 4.79 Å². The van der Waals surface area contributed by atoms with Crippen LogP contribution < -0.4 is 0 Å². The molecule has 0 N–H and O–H groups in total. The standard InChI is InChI=1S/C20H21N3O2S/c1-14-7-8-17(26-14)20(24)23-11-9-15(10-12-23)13-18-21-22-19(25-18)16-5-3-2-4-6-16/h2-8,15H,9-13H2,1H3. The Hall–Kier alpha value is -2.47. The van der Waals surface area contributed by atoms with Crippen molar-refractivity contribution in [1.29, 1.82) is 0 Å². The van der Waals surface area contributed by atoms with Gasteiger partial charge in [-0.25, -0.2) is 0 Å². The van der Waals surface area contributed by atoms with Gasteiger partial charge in [0.2, 0.25) is 11.8 Å². The molecule has 134 valence electrons. The first-order chi connectivity index (χ1) is 12.7. The van der Waals surface area contributed by atoms with Crippen molar-refractivity contribution >= 4 is 17.2 Å². The molecule has 0 bridgehead atoms.